The third-order valence-corrected chi connectivity index (χ3v) is 2.67. The third-order valence-electron chi connectivity index (χ3n) is 2.67. The predicted octanol–water partition coefficient (Wildman–Crippen LogP) is 0.949. The number of rotatable bonds is 4. The molecule has 4 N–H and O–H groups in total. The van der Waals surface area contributed by atoms with E-state index >= 15 is 0 Å². The number of nitrogens with two attached hydrogens (primary N) is 1. The highest BCUT2D eigenvalue weighted by molar-refractivity contribution is 5.35. The van der Waals surface area contributed by atoms with Crippen LogP contribution in [-0.4, -0.2) is 23.4 Å². The van der Waals surface area contributed by atoms with Crippen LogP contribution in [0, 0.1) is 0 Å². The van der Waals surface area contributed by atoms with Crippen molar-refractivity contribution in [3.05, 3.63) is 35.4 Å². The van der Waals surface area contributed by atoms with Gasteiger partial charge in [-0.1, -0.05) is 38.1 Å². The highest BCUT2D eigenvalue weighted by Gasteiger charge is 2.24. The monoisotopic (exact) mass is 209 g/mol. The minimum atomic E-state index is -0.660. The van der Waals surface area contributed by atoms with Gasteiger partial charge in [-0.2, -0.15) is 0 Å². The lowest BCUT2D eigenvalue weighted by molar-refractivity contribution is 0.177. The summed E-state index contributed by atoms with van der Waals surface area (Å²) in [7, 11) is 0. The lowest BCUT2D eigenvalue weighted by atomic mass is 9.81. The topological polar surface area (TPSA) is 66.5 Å². The van der Waals surface area contributed by atoms with Gasteiger partial charge in [-0.05, 0) is 11.1 Å². The molecule has 3 heteroatoms. The Labute approximate surface area is 90.5 Å². The molecule has 15 heavy (non-hydrogen) atoms. The molecule has 0 saturated heterocycles. The summed E-state index contributed by atoms with van der Waals surface area (Å²) in [5.41, 5.74) is 6.84. The van der Waals surface area contributed by atoms with Crippen LogP contribution < -0.4 is 5.73 Å². The molecule has 1 unspecified atom stereocenters. The summed E-state index contributed by atoms with van der Waals surface area (Å²) in [6.45, 7) is 4.12. The predicted molar refractivity (Wildman–Crippen MR) is 60.6 cm³/mol. The first-order chi connectivity index (χ1) is 7.03. The largest absolute Gasteiger partial charge is 0.395 e. The molecule has 1 aromatic carbocycles. The highest BCUT2D eigenvalue weighted by Crippen LogP contribution is 2.29. The fourth-order valence-corrected chi connectivity index (χ4v) is 1.62. The Hall–Kier alpha value is -0.900. The number of aliphatic hydroxyl groups excluding tert-OH is 2. The van der Waals surface area contributed by atoms with Crippen LogP contribution in [0.3, 0.4) is 0 Å². The summed E-state index contributed by atoms with van der Waals surface area (Å²) in [6, 6.07) is 7.54. The first-order valence-electron chi connectivity index (χ1n) is 5.11. The molecule has 0 aliphatic carbocycles. The van der Waals surface area contributed by atoms with Crippen LogP contribution in [0.15, 0.2) is 24.3 Å². The third kappa shape index (κ3) is 2.56. The normalized spacial score (nSPS) is 13.9. The van der Waals surface area contributed by atoms with Crippen molar-refractivity contribution >= 4 is 0 Å². The van der Waals surface area contributed by atoms with Crippen molar-refractivity contribution in [3.63, 3.8) is 0 Å². The number of benzene rings is 1. The van der Waals surface area contributed by atoms with Crippen LogP contribution in [0.1, 0.15) is 31.1 Å². The van der Waals surface area contributed by atoms with E-state index < -0.39 is 6.10 Å². The second-order valence-corrected chi connectivity index (χ2v) is 4.38. The Bertz CT molecular complexity index is 323. The molecule has 3 nitrogen and oxygen atoms in total. The molecule has 0 amide bonds. The van der Waals surface area contributed by atoms with E-state index in [-0.39, 0.29) is 18.6 Å². The van der Waals surface area contributed by atoms with Gasteiger partial charge in [0.15, 0.2) is 0 Å². The SMILES string of the molecule is CC(C)(CO)c1ccccc1C(O)CN. The second-order valence-electron chi connectivity index (χ2n) is 4.38. The van der Waals surface area contributed by atoms with E-state index in [0.29, 0.717) is 0 Å². The van der Waals surface area contributed by atoms with Crippen LogP contribution in [-0.2, 0) is 5.41 Å². The molecule has 0 saturated carbocycles. The minimum Gasteiger partial charge on any atom is -0.395 e. The number of aliphatic hydroxyl groups is 2. The number of hydrogen-bond donors (Lipinski definition) is 3. The number of hydrogen-bond acceptors (Lipinski definition) is 3. The van der Waals surface area contributed by atoms with Gasteiger partial charge < -0.3 is 15.9 Å². The zero-order chi connectivity index (χ0) is 11.5. The standard InChI is InChI=1S/C12H19NO2/c1-12(2,8-14)10-6-4-3-5-9(10)11(15)7-13/h3-6,11,14-15H,7-8,13H2,1-2H3. The van der Waals surface area contributed by atoms with Crippen molar-refractivity contribution in [2.24, 2.45) is 5.73 Å². The molecule has 0 bridgehead atoms. The van der Waals surface area contributed by atoms with E-state index in [2.05, 4.69) is 0 Å². The Kier molecular flexibility index (Phi) is 3.85. The van der Waals surface area contributed by atoms with Gasteiger partial charge in [-0.25, -0.2) is 0 Å². The van der Waals surface area contributed by atoms with Crippen LogP contribution in [0.2, 0.25) is 0 Å². The van der Waals surface area contributed by atoms with Crippen LogP contribution >= 0.6 is 0 Å². The quantitative estimate of drug-likeness (QED) is 0.691. The van der Waals surface area contributed by atoms with Gasteiger partial charge in [0.05, 0.1) is 12.7 Å². The molecule has 0 spiro atoms. The summed E-state index contributed by atoms with van der Waals surface area (Å²) in [4.78, 5) is 0. The fraction of sp³-hybridized carbons (Fsp3) is 0.500. The average Bonchev–Trinajstić information content (AvgIpc) is 2.28. The molecular weight excluding hydrogens is 190 g/mol. The van der Waals surface area contributed by atoms with E-state index in [1.165, 1.54) is 0 Å². The van der Waals surface area contributed by atoms with Gasteiger partial charge in [0.25, 0.3) is 0 Å². The van der Waals surface area contributed by atoms with Gasteiger partial charge in [0.1, 0.15) is 0 Å². The van der Waals surface area contributed by atoms with E-state index in [4.69, 9.17) is 5.73 Å². The van der Waals surface area contributed by atoms with Crippen molar-refractivity contribution < 1.29 is 10.2 Å². The molecule has 0 radical (unpaired) electrons. The lowest BCUT2D eigenvalue weighted by Crippen LogP contribution is -2.26. The first kappa shape index (κ1) is 12.2. The molecule has 1 aromatic rings. The van der Waals surface area contributed by atoms with Gasteiger partial charge in [-0.15, -0.1) is 0 Å². The molecule has 0 aromatic heterocycles. The molecular formula is C12H19NO2. The summed E-state index contributed by atoms with van der Waals surface area (Å²) in [5, 5.41) is 19.1. The minimum absolute atomic E-state index is 0.0430. The van der Waals surface area contributed by atoms with Gasteiger partial charge >= 0.3 is 0 Å². The van der Waals surface area contributed by atoms with Crippen molar-refractivity contribution in [1.82, 2.24) is 0 Å². The summed E-state index contributed by atoms with van der Waals surface area (Å²) < 4.78 is 0. The average molecular weight is 209 g/mol. The molecule has 1 rings (SSSR count). The van der Waals surface area contributed by atoms with Crippen LogP contribution in [0.25, 0.3) is 0 Å². The van der Waals surface area contributed by atoms with Gasteiger partial charge in [-0.3, -0.25) is 0 Å². The zero-order valence-corrected chi connectivity index (χ0v) is 9.27. The highest BCUT2D eigenvalue weighted by atomic mass is 16.3. The molecule has 0 heterocycles. The van der Waals surface area contributed by atoms with E-state index in [0.717, 1.165) is 11.1 Å². The molecule has 1 atom stereocenters. The maximum Gasteiger partial charge on any atom is 0.0915 e. The van der Waals surface area contributed by atoms with Crippen LogP contribution in [0.4, 0.5) is 0 Å². The Morgan fingerprint density at radius 1 is 1.33 bits per heavy atom. The first-order valence-corrected chi connectivity index (χ1v) is 5.11. The molecule has 84 valence electrons. The molecule has 0 aliphatic heterocycles. The summed E-state index contributed by atoms with van der Waals surface area (Å²) in [6.07, 6.45) is -0.660. The molecule has 0 fully saturated rings. The Morgan fingerprint density at radius 3 is 2.47 bits per heavy atom. The fourth-order valence-electron chi connectivity index (χ4n) is 1.62. The van der Waals surface area contributed by atoms with Crippen molar-refractivity contribution in [1.29, 1.82) is 0 Å². The van der Waals surface area contributed by atoms with Crippen molar-refractivity contribution in [3.8, 4) is 0 Å². The van der Waals surface area contributed by atoms with Crippen molar-refractivity contribution in [2.75, 3.05) is 13.2 Å². The van der Waals surface area contributed by atoms with Gasteiger partial charge in [0.2, 0.25) is 0 Å². The smallest absolute Gasteiger partial charge is 0.0915 e. The maximum absolute atomic E-state index is 9.76. The Morgan fingerprint density at radius 2 is 1.93 bits per heavy atom. The van der Waals surface area contributed by atoms with E-state index in [1.54, 1.807) is 0 Å². The van der Waals surface area contributed by atoms with Gasteiger partial charge in [0, 0.05) is 12.0 Å². The summed E-state index contributed by atoms with van der Waals surface area (Å²) in [5.74, 6) is 0. The van der Waals surface area contributed by atoms with E-state index in [1.807, 2.05) is 38.1 Å². The maximum atomic E-state index is 9.76. The van der Waals surface area contributed by atoms with E-state index in [9.17, 15) is 10.2 Å². The van der Waals surface area contributed by atoms with Crippen molar-refractivity contribution in [2.45, 2.75) is 25.4 Å². The lowest BCUT2D eigenvalue weighted by Gasteiger charge is -2.26. The zero-order valence-electron chi connectivity index (χ0n) is 9.27. The second kappa shape index (κ2) is 4.75. The summed E-state index contributed by atoms with van der Waals surface area (Å²) >= 11 is 0. The Balaban J connectivity index is 3.17. The molecule has 0 aliphatic rings. The van der Waals surface area contributed by atoms with Crippen LogP contribution in [0.5, 0.6) is 0 Å².